The van der Waals surface area contributed by atoms with Gasteiger partial charge in [0.25, 0.3) is 0 Å². The Morgan fingerprint density at radius 1 is 1.27 bits per heavy atom. The number of hydrogen-bond donors (Lipinski definition) is 0. The summed E-state index contributed by atoms with van der Waals surface area (Å²) >= 11 is 0. The van der Waals surface area contributed by atoms with E-state index in [0.29, 0.717) is 5.41 Å². The first-order chi connectivity index (χ1) is 7.13. The fraction of sp³-hybridized carbons (Fsp3) is 0.571. The second kappa shape index (κ2) is 3.97. The van der Waals surface area contributed by atoms with Gasteiger partial charge in [-0.15, -0.1) is 0 Å². The van der Waals surface area contributed by atoms with E-state index in [-0.39, 0.29) is 0 Å². The van der Waals surface area contributed by atoms with Crippen molar-refractivity contribution < 1.29 is 0 Å². The molecule has 1 aromatic carbocycles. The predicted octanol–water partition coefficient (Wildman–Crippen LogP) is 2.92. The minimum absolute atomic E-state index is 0.369. The Kier molecular flexibility index (Phi) is 2.83. The van der Waals surface area contributed by atoms with Gasteiger partial charge in [-0.2, -0.15) is 0 Å². The largest absolute Gasteiger partial charge is 0.306 e. The number of hydrogen-bond acceptors (Lipinski definition) is 1. The summed E-state index contributed by atoms with van der Waals surface area (Å²) in [5.74, 6) is 0.735. The van der Waals surface area contributed by atoms with Gasteiger partial charge in [0.1, 0.15) is 0 Å². The van der Waals surface area contributed by atoms with Crippen molar-refractivity contribution >= 4 is 0 Å². The van der Waals surface area contributed by atoms with Gasteiger partial charge in [0.05, 0.1) is 0 Å². The summed E-state index contributed by atoms with van der Waals surface area (Å²) in [5, 5.41) is 0. The van der Waals surface area contributed by atoms with Gasteiger partial charge in [-0.25, -0.2) is 0 Å². The highest BCUT2D eigenvalue weighted by atomic mass is 15.1. The zero-order chi connectivity index (χ0) is 10.9. The lowest BCUT2D eigenvalue weighted by Gasteiger charge is -2.44. The fourth-order valence-electron chi connectivity index (χ4n) is 2.68. The number of piperidine rings is 1. The molecule has 1 aromatic rings. The first-order valence-corrected chi connectivity index (χ1v) is 5.87. The van der Waals surface area contributed by atoms with Crippen molar-refractivity contribution in [1.29, 1.82) is 0 Å². The first kappa shape index (κ1) is 10.7. The molecule has 0 spiro atoms. The van der Waals surface area contributed by atoms with Crippen LogP contribution in [0.3, 0.4) is 0 Å². The highest BCUT2D eigenvalue weighted by Crippen LogP contribution is 2.38. The molecule has 1 aliphatic rings. The normalized spacial score (nSPS) is 32.9. The average molecular weight is 203 g/mol. The van der Waals surface area contributed by atoms with E-state index >= 15 is 0 Å². The van der Waals surface area contributed by atoms with Crippen LogP contribution in [-0.4, -0.2) is 25.0 Å². The van der Waals surface area contributed by atoms with Gasteiger partial charge in [0.2, 0.25) is 0 Å². The van der Waals surface area contributed by atoms with E-state index in [1.807, 2.05) is 0 Å². The van der Waals surface area contributed by atoms with Gasteiger partial charge >= 0.3 is 0 Å². The standard InChI is InChI=1S/C14H21N/c1-12-11-15(3)10-9-14(12,2)13-7-5-4-6-8-13/h4-8,12H,9-11H2,1-3H3. The summed E-state index contributed by atoms with van der Waals surface area (Å²) in [5.41, 5.74) is 1.87. The Morgan fingerprint density at radius 3 is 2.53 bits per heavy atom. The Morgan fingerprint density at radius 2 is 1.93 bits per heavy atom. The lowest BCUT2D eigenvalue weighted by molar-refractivity contribution is 0.134. The zero-order valence-corrected chi connectivity index (χ0v) is 10.0. The topological polar surface area (TPSA) is 3.24 Å². The van der Waals surface area contributed by atoms with Gasteiger partial charge in [-0.3, -0.25) is 0 Å². The lowest BCUT2D eigenvalue weighted by atomic mass is 9.68. The molecule has 0 radical (unpaired) electrons. The van der Waals surface area contributed by atoms with E-state index < -0.39 is 0 Å². The highest BCUT2D eigenvalue weighted by Gasteiger charge is 2.36. The second-order valence-electron chi connectivity index (χ2n) is 5.20. The summed E-state index contributed by atoms with van der Waals surface area (Å²) < 4.78 is 0. The van der Waals surface area contributed by atoms with Crippen LogP contribution in [0.15, 0.2) is 30.3 Å². The third-order valence-corrected chi connectivity index (χ3v) is 4.12. The summed E-state index contributed by atoms with van der Waals surface area (Å²) in [7, 11) is 2.22. The summed E-state index contributed by atoms with van der Waals surface area (Å²) in [4.78, 5) is 2.44. The van der Waals surface area contributed by atoms with Crippen LogP contribution in [-0.2, 0) is 5.41 Å². The molecule has 0 aromatic heterocycles. The molecule has 0 saturated carbocycles. The molecule has 1 heteroatoms. The molecule has 1 aliphatic heterocycles. The van der Waals surface area contributed by atoms with Crippen LogP contribution >= 0.6 is 0 Å². The van der Waals surface area contributed by atoms with Crippen LogP contribution in [0.2, 0.25) is 0 Å². The van der Waals surface area contributed by atoms with Crippen molar-refractivity contribution in [3.8, 4) is 0 Å². The molecule has 0 N–H and O–H groups in total. The minimum atomic E-state index is 0.369. The fourth-order valence-corrected chi connectivity index (χ4v) is 2.68. The lowest BCUT2D eigenvalue weighted by Crippen LogP contribution is -2.45. The second-order valence-corrected chi connectivity index (χ2v) is 5.20. The summed E-state index contributed by atoms with van der Waals surface area (Å²) in [6.45, 7) is 7.23. The average Bonchev–Trinajstić information content (AvgIpc) is 2.25. The van der Waals surface area contributed by atoms with E-state index in [1.54, 1.807) is 0 Å². The molecule has 1 fully saturated rings. The van der Waals surface area contributed by atoms with Gasteiger partial charge in [0, 0.05) is 6.54 Å². The van der Waals surface area contributed by atoms with Crippen LogP contribution in [0.25, 0.3) is 0 Å². The van der Waals surface area contributed by atoms with Crippen molar-refractivity contribution in [1.82, 2.24) is 4.90 Å². The molecule has 0 amide bonds. The maximum Gasteiger partial charge on any atom is 0.00124 e. The minimum Gasteiger partial charge on any atom is -0.306 e. The van der Waals surface area contributed by atoms with E-state index in [2.05, 4.69) is 56.1 Å². The van der Waals surface area contributed by atoms with Crippen LogP contribution in [0.5, 0.6) is 0 Å². The van der Waals surface area contributed by atoms with Crippen molar-refractivity contribution in [2.24, 2.45) is 5.92 Å². The van der Waals surface area contributed by atoms with Crippen LogP contribution in [0.4, 0.5) is 0 Å². The molecule has 1 nitrogen and oxygen atoms in total. The van der Waals surface area contributed by atoms with Crippen molar-refractivity contribution in [2.75, 3.05) is 20.1 Å². The summed E-state index contributed by atoms with van der Waals surface area (Å²) in [6.07, 6.45) is 1.27. The van der Waals surface area contributed by atoms with E-state index in [0.717, 1.165) is 5.92 Å². The van der Waals surface area contributed by atoms with Gasteiger partial charge in [-0.05, 0) is 36.9 Å². The number of likely N-dealkylation sites (tertiary alicyclic amines) is 1. The Hall–Kier alpha value is -0.820. The molecule has 0 aliphatic carbocycles. The highest BCUT2D eigenvalue weighted by molar-refractivity contribution is 5.26. The quantitative estimate of drug-likeness (QED) is 0.678. The molecule has 15 heavy (non-hydrogen) atoms. The molecule has 1 saturated heterocycles. The molecule has 2 unspecified atom stereocenters. The van der Waals surface area contributed by atoms with Gasteiger partial charge in [0.15, 0.2) is 0 Å². The molecular weight excluding hydrogens is 182 g/mol. The Balaban J connectivity index is 2.27. The maximum atomic E-state index is 2.44. The van der Waals surface area contributed by atoms with Crippen molar-refractivity contribution in [3.63, 3.8) is 0 Å². The number of benzene rings is 1. The molecule has 0 bridgehead atoms. The third-order valence-electron chi connectivity index (χ3n) is 4.12. The van der Waals surface area contributed by atoms with E-state index in [9.17, 15) is 0 Å². The molecular formula is C14H21N. The Bertz CT molecular complexity index is 319. The molecule has 82 valence electrons. The van der Waals surface area contributed by atoms with Crippen molar-refractivity contribution in [2.45, 2.75) is 25.7 Å². The van der Waals surface area contributed by atoms with Crippen molar-refractivity contribution in [3.05, 3.63) is 35.9 Å². The predicted molar refractivity (Wildman–Crippen MR) is 65.1 cm³/mol. The van der Waals surface area contributed by atoms with E-state index in [1.165, 1.54) is 25.1 Å². The van der Waals surface area contributed by atoms with Crippen LogP contribution in [0.1, 0.15) is 25.8 Å². The molecule has 2 rings (SSSR count). The molecule has 2 atom stereocenters. The SMILES string of the molecule is CC1CN(C)CCC1(C)c1ccccc1. The summed E-state index contributed by atoms with van der Waals surface area (Å²) in [6, 6.07) is 11.0. The van der Waals surface area contributed by atoms with Crippen LogP contribution in [0, 0.1) is 5.92 Å². The third kappa shape index (κ3) is 1.93. The molecule has 1 heterocycles. The van der Waals surface area contributed by atoms with Gasteiger partial charge in [-0.1, -0.05) is 44.2 Å². The smallest absolute Gasteiger partial charge is 0.00124 e. The van der Waals surface area contributed by atoms with Gasteiger partial charge < -0.3 is 4.90 Å². The monoisotopic (exact) mass is 203 g/mol. The zero-order valence-electron chi connectivity index (χ0n) is 10.0. The number of rotatable bonds is 1. The number of nitrogens with zero attached hydrogens (tertiary/aromatic N) is 1. The Labute approximate surface area is 93.1 Å². The van der Waals surface area contributed by atoms with E-state index in [4.69, 9.17) is 0 Å². The maximum absolute atomic E-state index is 2.44. The first-order valence-electron chi connectivity index (χ1n) is 5.87. The van der Waals surface area contributed by atoms with Crippen LogP contribution < -0.4 is 0 Å².